The first-order chi connectivity index (χ1) is 12.2. The second-order valence-electron chi connectivity index (χ2n) is 5.74. The summed E-state index contributed by atoms with van der Waals surface area (Å²) in [5.74, 6) is -0.625. The highest BCUT2D eigenvalue weighted by molar-refractivity contribution is 6.31. The fourth-order valence-corrected chi connectivity index (χ4v) is 2.46. The van der Waals surface area contributed by atoms with Gasteiger partial charge in [0.05, 0.1) is 10.5 Å². The molecule has 26 heavy (non-hydrogen) atoms. The van der Waals surface area contributed by atoms with Gasteiger partial charge in [-0.1, -0.05) is 11.6 Å². The average molecular weight is 377 g/mol. The fraction of sp³-hybridized carbons (Fsp3) is 0.222. The van der Waals surface area contributed by atoms with Crippen molar-refractivity contribution in [3.05, 3.63) is 62.2 Å². The third-order valence-corrected chi connectivity index (χ3v) is 4.00. The molecular weight excluding hydrogens is 360 g/mol. The summed E-state index contributed by atoms with van der Waals surface area (Å²) in [6.07, 6.45) is 0. The molecule has 136 valence electrons. The van der Waals surface area contributed by atoms with Gasteiger partial charge in [0.15, 0.2) is 12.4 Å². The van der Waals surface area contributed by atoms with Crippen LogP contribution in [0.5, 0.6) is 5.75 Å². The number of hydrogen-bond donors (Lipinski definition) is 1. The summed E-state index contributed by atoms with van der Waals surface area (Å²) in [6.45, 7) is 4.49. The number of nitrogens with one attached hydrogen (secondary N) is 1. The van der Waals surface area contributed by atoms with E-state index in [4.69, 9.17) is 16.3 Å². The topological polar surface area (TPSA) is 98.5 Å². The van der Waals surface area contributed by atoms with Crippen molar-refractivity contribution in [2.75, 3.05) is 11.9 Å². The predicted molar refractivity (Wildman–Crippen MR) is 98.2 cm³/mol. The molecule has 0 saturated carbocycles. The van der Waals surface area contributed by atoms with Crippen molar-refractivity contribution in [3.8, 4) is 5.75 Å². The standard InChI is InChI=1S/C18H17ClN2O5/c1-10-6-15(16(21(24)25)7-11(10)2)20-18(23)9-26-17-5-4-13(19)8-14(17)12(3)22/h4-8H,9H2,1-3H3,(H,20,23). The van der Waals surface area contributed by atoms with Crippen LogP contribution in [0.1, 0.15) is 28.4 Å². The molecule has 8 heteroatoms. The molecule has 0 aliphatic heterocycles. The maximum absolute atomic E-state index is 12.1. The van der Waals surface area contributed by atoms with Crippen LogP contribution in [0.3, 0.4) is 0 Å². The molecular formula is C18H17ClN2O5. The summed E-state index contributed by atoms with van der Waals surface area (Å²) < 4.78 is 5.38. The zero-order valence-corrected chi connectivity index (χ0v) is 15.2. The molecule has 0 bridgehead atoms. The average Bonchev–Trinajstić information content (AvgIpc) is 2.56. The summed E-state index contributed by atoms with van der Waals surface area (Å²) in [4.78, 5) is 34.4. The Morgan fingerprint density at radius 2 is 1.85 bits per heavy atom. The van der Waals surface area contributed by atoms with E-state index in [1.165, 1.54) is 37.3 Å². The predicted octanol–water partition coefficient (Wildman–Crippen LogP) is 4.09. The number of nitro groups is 1. The summed E-state index contributed by atoms with van der Waals surface area (Å²) in [5, 5.41) is 14.0. The van der Waals surface area contributed by atoms with Gasteiger partial charge in [0, 0.05) is 11.1 Å². The van der Waals surface area contributed by atoms with E-state index in [1.54, 1.807) is 13.8 Å². The molecule has 0 saturated heterocycles. The van der Waals surface area contributed by atoms with E-state index in [9.17, 15) is 19.7 Å². The molecule has 0 atom stereocenters. The van der Waals surface area contributed by atoms with Crippen molar-refractivity contribution in [1.29, 1.82) is 0 Å². The van der Waals surface area contributed by atoms with Gasteiger partial charge in [0.25, 0.3) is 11.6 Å². The molecule has 0 unspecified atom stereocenters. The number of halogens is 1. The number of amides is 1. The number of carbonyl (C=O) groups is 2. The molecule has 1 amide bonds. The van der Waals surface area contributed by atoms with Crippen LogP contribution in [0.25, 0.3) is 0 Å². The molecule has 2 aromatic rings. The smallest absolute Gasteiger partial charge is 0.293 e. The Hall–Kier alpha value is -2.93. The lowest BCUT2D eigenvalue weighted by atomic mass is 10.1. The molecule has 0 heterocycles. The highest BCUT2D eigenvalue weighted by atomic mass is 35.5. The van der Waals surface area contributed by atoms with E-state index in [-0.39, 0.29) is 28.5 Å². The van der Waals surface area contributed by atoms with Gasteiger partial charge in [-0.05, 0) is 56.2 Å². The number of nitro benzene ring substituents is 1. The van der Waals surface area contributed by atoms with E-state index in [2.05, 4.69) is 5.32 Å². The van der Waals surface area contributed by atoms with Crippen LogP contribution in [0.2, 0.25) is 5.02 Å². The normalized spacial score (nSPS) is 10.3. The molecule has 2 rings (SSSR count). The Morgan fingerprint density at radius 1 is 1.19 bits per heavy atom. The van der Waals surface area contributed by atoms with Crippen LogP contribution in [0, 0.1) is 24.0 Å². The summed E-state index contributed by atoms with van der Waals surface area (Å²) in [6, 6.07) is 7.42. The van der Waals surface area contributed by atoms with Crippen molar-refractivity contribution < 1.29 is 19.2 Å². The second kappa shape index (κ2) is 7.97. The monoisotopic (exact) mass is 376 g/mol. The van der Waals surface area contributed by atoms with Gasteiger partial charge < -0.3 is 10.1 Å². The van der Waals surface area contributed by atoms with E-state index in [0.29, 0.717) is 5.02 Å². The first-order valence-electron chi connectivity index (χ1n) is 7.68. The number of ketones is 1. The van der Waals surface area contributed by atoms with Crippen LogP contribution in [-0.2, 0) is 4.79 Å². The number of anilines is 1. The molecule has 0 fully saturated rings. The van der Waals surface area contributed by atoms with Crippen LogP contribution in [0.4, 0.5) is 11.4 Å². The van der Waals surface area contributed by atoms with Gasteiger partial charge in [0.2, 0.25) is 0 Å². The first-order valence-corrected chi connectivity index (χ1v) is 8.05. The number of carbonyl (C=O) groups excluding carboxylic acids is 2. The zero-order chi connectivity index (χ0) is 19.4. The lowest BCUT2D eigenvalue weighted by Crippen LogP contribution is -2.21. The zero-order valence-electron chi connectivity index (χ0n) is 14.5. The Labute approximate surface area is 155 Å². The fourth-order valence-electron chi connectivity index (χ4n) is 2.28. The minimum atomic E-state index is -0.583. The Balaban J connectivity index is 2.15. The third-order valence-electron chi connectivity index (χ3n) is 3.76. The van der Waals surface area contributed by atoms with Gasteiger partial charge in [-0.3, -0.25) is 19.7 Å². The lowest BCUT2D eigenvalue weighted by molar-refractivity contribution is -0.384. The molecule has 0 aliphatic rings. The van der Waals surface area contributed by atoms with Crippen molar-refractivity contribution in [3.63, 3.8) is 0 Å². The van der Waals surface area contributed by atoms with Crippen molar-refractivity contribution in [2.45, 2.75) is 20.8 Å². The Bertz CT molecular complexity index is 895. The second-order valence-corrected chi connectivity index (χ2v) is 6.18. The number of benzene rings is 2. The molecule has 2 aromatic carbocycles. The Morgan fingerprint density at radius 3 is 2.46 bits per heavy atom. The third kappa shape index (κ3) is 4.58. The molecule has 7 nitrogen and oxygen atoms in total. The van der Waals surface area contributed by atoms with Crippen LogP contribution in [0.15, 0.2) is 30.3 Å². The van der Waals surface area contributed by atoms with Gasteiger partial charge in [-0.25, -0.2) is 0 Å². The number of Topliss-reactive ketones (excluding diaryl/α,β-unsaturated/α-hetero) is 1. The number of aryl methyl sites for hydroxylation is 2. The van der Waals surface area contributed by atoms with Crippen molar-refractivity contribution in [2.24, 2.45) is 0 Å². The molecule has 0 radical (unpaired) electrons. The number of hydrogen-bond acceptors (Lipinski definition) is 5. The summed E-state index contributed by atoms with van der Waals surface area (Å²) >= 11 is 5.85. The van der Waals surface area contributed by atoms with Gasteiger partial charge in [-0.2, -0.15) is 0 Å². The molecule has 0 spiro atoms. The molecule has 0 aliphatic carbocycles. The lowest BCUT2D eigenvalue weighted by Gasteiger charge is -2.11. The maximum Gasteiger partial charge on any atom is 0.293 e. The van der Waals surface area contributed by atoms with Gasteiger partial charge >= 0.3 is 0 Å². The van der Waals surface area contributed by atoms with E-state index in [1.807, 2.05) is 0 Å². The van der Waals surface area contributed by atoms with E-state index >= 15 is 0 Å². The number of nitrogens with zero attached hydrogens (tertiary/aromatic N) is 1. The minimum Gasteiger partial charge on any atom is -0.483 e. The minimum absolute atomic E-state index is 0.0922. The SMILES string of the molecule is CC(=O)c1cc(Cl)ccc1OCC(=O)Nc1cc(C)c(C)cc1[N+](=O)[O-]. The van der Waals surface area contributed by atoms with E-state index < -0.39 is 17.4 Å². The van der Waals surface area contributed by atoms with Gasteiger partial charge in [-0.15, -0.1) is 0 Å². The van der Waals surface area contributed by atoms with Crippen LogP contribution < -0.4 is 10.1 Å². The Kier molecular flexibility index (Phi) is 5.94. The van der Waals surface area contributed by atoms with Crippen molar-refractivity contribution >= 4 is 34.7 Å². The highest BCUT2D eigenvalue weighted by Gasteiger charge is 2.18. The van der Waals surface area contributed by atoms with Crippen LogP contribution >= 0.6 is 11.6 Å². The van der Waals surface area contributed by atoms with Gasteiger partial charge in [0.1, 0.15) is 11.4 Å². The highest BCUT2D eigenvalue weighted by Crippen LogP contribution is 2.28. The summed E-state index contributed by atoms with van der Waals surface area (Å²) in [7, 11) is 0. The number of ether oxygens (including phenoxy) is 1. The summed E-state index contributed by atoms with van der Waals surface area (Å²) in [5.41, 5.74) is 1.70. The number of rotatable bonds is 6. The molecule has 0 aromatic heterocycles. The molecule has 1 N–H and O–H groups in total. The van der Waals surface area contributed by atoms with Crippen molar-refractivity contribution in [1.82, 2.24) is 0 Å². The quantitative estimate of drug-likeness (QED) is 0.465. The largest absolute Gasteiger partial charge is 0.483 e. The first kappa shape index (κ1) is 19.4. The van der Waals surface area contributed by atoms with Crippen LogP contribution in [-0.4, -0.2) is 23.2 Å². The maximum atomic E-state index is 12.1. The van der Waals surface area contributed by atoms with E-state index in [0.717, 1.165) is 11.1 Å².